The van der Waals surface area contributed by atoms with Crippen molar-refractivity contribution in [3.05, 3.63) is 23.4 Å². The molecule has 1 rings (SSSR count). The maximum Gasteiger partial charge on any atom is 0.128 e. The van der Waals surface area contributed by atoms with Crippen LogP contribution in [0.1, 0.15) is 25.0 Å². The van der Waals surface area contributed by atoms with Crippen LogP contribution in [-0.4, -0.2) is 18.1 Å². The summed E-state index contributed by atoms with van der Waals surface area (Å²) in [7, 11) is 0. The fourth-order valence-electron chi connectivity index (χ4n) is 1.50. The molecule has 3 heteroatoms. The molecule has 3 nitrogen and oxygen atoms in total. The van der Waals surface area contributed by atoms with E-state index in [0.717, 1.165) is 24.5 Å². The third kappa shape index (κ3) is 2.23. The zero-order valence-electron chi connectivity index (χ0n) is 9.25. The van der Waals surface area contributed by atoms with Crippen molar-refractivity contribution in [1.82, 2.24) is 4.98 Å². The Bertz CT molecular complexity index is 293. The van der Waals surface area contributed by atoms with E-state index in [-0.39, 0.29) is 0 Å². The highest BCUT2D eigenvalue weighted by atomic mass is 15.2. The third-order valence-electron chi connectivity index (χ3n) is 2.51. The highest BCUT2D eigenvalue weighted by molar-refractivity contribution is 5.43. The summed E-state index contributed by atoms with van der Waals surface area (Å²) >= 11 is 0. The van der Waals surface area contributed by atoms with E-state index in [9.17, 15) is 0 Å². The molecule has 0 aliphatic carbocycles. The van der Waals surface area contributed by atoms with Gasteiger partial charge in [-0.05, 0) is 38.0 Å². The first-order valence-corrected chi connectivity index (χ1v) is 5.13. The summed E-state index contributed by atoms with van der Waals surface area (Å²) in [6, 6.07) is 2.11. The Morgan fingerprint density at radius 1 is 1.36 bits per heavy atom. The molecule has 0 saturated heterocycles. The van der Waals surface area contributed by atoms with Gasteiger partial charge in [-0.15, -0.1) is 0 Å². The van der Waals surface area contributed by atoms with Crippen LogP contribution in [0.4, 0.5) is 5.82 Å². The van der Waals surface area contributed by atoms with E-state index in [1.54, 1.807) is 0 Å². The van der Waals surface area contributed by atoms with E-state index in [2.05, 4.69) is 36.7 Å². The second-order valence-corrected chi connectivity index (χ2v) is 3.35. The Labute approximate surface area is 85.9 Å². The molecule has 1 aromatic heterocycles. The van der Waals surface area contributed by atoms with Gasteiger partial charge in [0.2, 0.25) is 0 Å². The van der Waals surface area contributed by atoms with Crippen LogP contribution in [-0.2, 0) is 6.54 Å². The molecule has 0 aromatic carbocycles. The molecule has 0 aliphatic rings. The zero-order chi connectivity index (χ0) is 10.6. The van der Waals surface area contributed by atoms with Gasteiger partial charge < -0.3 is 10.6 Å². The fraction of sp³-hybridized carbons (Fsp3) is 0.545. The zero-order valence-corrected chi connectivity index (χ0v) is 9.25. The van der Waals surface area contributed by atoms with Crippen LogP contribution < -0.4 is 10.6 Å². The van der Waals surface area contributed by atoms with E-state index >= 15 is 0 Å². The number of aromatic nitrogens is 1. The van der Waals surface area contributed by atoms with E-state index in [0.29, 0.717) is 6.54 Å². The molecule has 0 aliphatic heterocycles. The molecule has 0 spiro atoms. The van der Waals surface area contributed by atoms with Gasteiger partial charge in [0.05, 0.1) is 0 Å². The minimum absolute atomic E-state index is 0.567. The molecular weight excluding hydrogens is 174 g/mol. The monoisotopic (exact) mass is 193 g/mol. The first-order valence-electron chi connectivity index (χ1n) is 5.13. The van der Waals surface area contributed by atoms with Crippen LogP contribution in [0.15, 0.2) is 12.3 Å². The first kappa shape index (κ1) is 11.0. The molecule has 0 atom stereocenters. The van der Waals surface area contributed by atoms with Gasteiger partial charge in [0.15, 0.2) is 0 Å². The van der Waals surface area contributed by atoms with Gasteiger partial charge >= 0.3 is 0 Å². The number of hydrogen-bond acceptors (Lipinski definition) is 3. The summed E-state index contributed by atoms with van der Waals surface area (Å²) in [4.78, 5) is 6.63. The van der Waals surface area contributed by atoms with E-state index in [4.69, 9.17) is 5.73 Å². The Kier molecular flexibility index (Phi) is 3.89. The number of hydrogen-bond donors (Lipinski definition) is 1. The number of aryl methyl sites for hydroxylation is 1. The van der Waals surface area contributed by atoms with Crippen molar-refractivity contribution in [3.8, 4) is 0 Å². The average Bonchev–Trinajstić information content (AvgIpc) is 2.20. The standard InChI is InChI=1S/C11H19N3/c1-4-14(5-2)11-6-9(3)10(7-12)8-13-11/h6,8H,4-5,7,12H2,1-3H3. The first-order chi connectivity index (χ1) is 6.72. The summed E-state index contributed by atoms with van der Waals surface area (Å²) in [5.41, 5.74) is 7.94. The molecule has 78 valence electrons. The lowest BCUT2D eigenvalue weighted by atomic mass is 10.1. The van der Waals surface area contributed by atoms with Crippen LogP contribution in [0.3, 0.4) is 0 Å². The molecule has 0 amide bonds. The Hall–Kier alpha value is -1.09. The number of pyridine rings is 1. The highest BCUT2D eigenvalue weighted by Gasteiger charge is 2.04. The van der Waals surface area contributed by atoms with Crippen LogP contribution in [0.5, 0.6) is 0 Å². The van der Waals surface area contributed by atoms with Crippen molar-refractivity contribution in [1.29, 1.82) is 0 Å². The molecule has 1 aromatic rings. The molecule has 14 heavy (non-hydrogen) atoms. The Balaban J connectivity index is 2.95. The lowest BCUT2D eigenvalue weighted by Crippen LogP contribution is -2.23. The van der Waals surface area contributed by atoms with E-state index in [1.807, 2.05) is 6.20 Å². The van der Waals surface area contributed by atoms with Crippen molar-refractivity contribution in [2.45, 2.75) is 27.3 Å². The third-order valence-corrected chi connectivity index (χ3v) is 2.51. The smallest absolute Gasteiger partial charge is 0.128 e. The maximum atomic E-state index is 5.59. The lowest BCUT2D eigenvalue weighted by Gasteiger charge is -2.20. The van der Waals surface area contributed by atoms with Crippen molar-refractivity contribution in [2.75, 3.05) is 18.0 Å². The quantitative estimate of drug-likeness (QED) is 0.791. The predicted molar refractivity (Wildman–Crippen MR) is 60.4 cm³/mol. The minimum Gasteiger partial charge on any atom is -0.357 e. The van der Waals surface area contributed by atoms with Crippen LogP contribution in [0.2, 0.25) is 0 Å². The number of anilines is 1. The summed E-state index contributed by atoms with van der Waals surface area (Å²) in [6.45, 7) is 8.90. The summed E-state index contributed by atoms with van der Waals surface area (Å²) in [6.07, 6.45) is 1.88. The van der Waals surface area contributed by atoms with Gasteiger partial charge in [-0.1, -0.05) is 0 Å². The fourth-order valence-corrected chi connectivity index (χ4v) is 1.50. The van der Waals surface area contributed by atoms with E-state index < -0.39 is 0 Å². The van der Waals surface area contributed by atoms with Gasteiger partial charge in [-0.2, -0.15) is 0 Å². The second-order valence-electron chi connectivity index (χ2n) is 3.35. The molecule has 0 saturated carbocycles. The molecule has 1 heterocycles. The van der Waals surface area contributed by atoms with E-state index in [1.165, 1.54) is 5.56 Å². The topological polar surface area (TPSA) is 42.1 Å². The minimum atomic E-state index is 0.567. The molecule has 0 bridgehead atoms. The predicted octanol–water partition coefficient (Wildman–Crippen LogP) is 1.69. The SMILES string of the molecule is CCN(CC)c1cc(C)c(CN)cn1. The van der Waals surface area contributed by atoms with Crippen LogP contribution in [0, 0.1) is 6.92 Å². The molecule has 0 fully saturated rings. The molecule has 2 N–H and O–H groups in total. The number of nitrogens with zero attached hydrogens (tertiary/aromatic N) is 2. The lowest BCUT2D eigenvalue weighted by molar-refractivity contribution is 0.841. The van der Waals surface area contributed by atoms with Crippen molar-refractivity contribution >= 4 is 5.82 Å². The van der Waals surface area contributed by atoms with Gasteiger partial charge in [0.25, 0.3) is 0 Å². The number of rotatable bonds is 4. The highest BCUT2D eigenvalue weighted by Crippen LogP contribution is 2.14. The van der Waals surface area contributed by atoms with Crippen molar-refractivity contribution in [3.63, 3.8) is 0 Å². The van der Waals surface area contributed by atoms with Gasteiger partial charge in [0, 0.05) is 25.8 Å². The summed E-state index contributed by atoms with van der Waals surface area (Å²) in [5.74, 6) is 1.05. The largest absolute Gasteiger partial charge is 0.357 e. The molecular formula is C11H19N3. The average molecular weight is 193 g/mol. The van der Waals surface area contributed by atoms with Gasteiger partial charge in [-0.3, -0.25) is 0 Å². The summed E-state index contributed by atoms with van der Waals surface area (Å²) in [5, 5.41) is 0. The second kappa shape index (κ2) is 4.96. The van der Waals surface area contributed by atoms with Crippen LogP contribution in [0.25, 0.3) is 0 Å². The Morgan fingerprint density at radius 2 is 2.00 bits per heavy atom. The number of nitrogens with two attached hydrogens (primary N) is 1. The van der Waals surface area contributed by atoms with Crippen molar-refractivity contribution < 1.29 is 0 Å². The van der Waals surface area contributed by atoms with Crippen LogP contribution >= 0.6 is 0 Å². The van der Waals surface area contributed by atoms with Crippen molar-refractivity contribution in [2.24, 2.45) is 5.73 Å². The summed E-state index contributed by atoms with van der Waals surface area (Å²) < 4.78 is 0. The molecule has 0 radical (unpaired) electrons. The maximum absolute atomic E-state index is 5.59. The molecule has 0 unspecified atom stereocenters. The van der Waals surface area contributed by atoms with Gasteiger partial charge in [0.1, 0.15) is 5.82 Å². The van der Waals surface area contributed by atoms with Gasteiger partial charge in [-0.25, -0.2) is 4.98 Å². The normalized spacial score (nSPS) is 10.3. The Morgan fingerprint density at radius 3 is 2.43 bits per heavy atom.